The number of rotatable bonds is 4. The highest BCUT2D eigenvalue weighted by atomic mass is 16.1. The molecule has 0 saturated carbocycles. The molecule has 0 aliphatic heterocycles. The molecule has 86 valence electrons. The zero-order valence-electron chi connectivity index (χ0n) is 10.0. The molecule has 0 bridgehead atoms. The van der Waals surface area contributed by atoms with E-state index in [0.29, 0.717) is 12.1 Å². The van der Waals surface area contributed by atoms with Gasteiger partial charge in [0.1, 0.15) is 0 Å². The van der Waals surface area contributed by atoms with Gasteiger partial charge in [0, 0.05) is 19.3 Å². The molecule has 1 amide bonds. The summed E-state index contributed by atoms with van der Waals surface area (Å²) in [5, 5.41) is 5.85. The summed E-state index contributed by atoms with van der Waals surface area (Å²) in [5.41, 5.74) is 2.71. The highest BCUT2D eigenvalue weighted by Gasteiger charge is 2.07. The van der Waals surface area contributed by atoms with Gasteiger partial charge in [-0.3, -0.25) is 4.79 Å². The monoisotopic (exact) mass is 218 g/mol. The second-order valence-corrected chi connectivity index (χ2v) is 3.79. The summed E-state index contributed by atoms with van der Waals surface area (Å²) in [7, 11) is 1.81. The van der Waals surface area contributed by atoms with Gasteiger partial charge in [-0.2, -0.15) is 0 Å². The Hall–Kier alpha value is -1.77. The van der Waals surface area contributed by atoms with Crippen molar-refractivity contribution in [1.29, 1.82) is 0 Å². The molecule has 0 radical (unpaired) electrons. The standard InChI is InChI=1S/C13H18N2O/c1-10(2)8-9-15-13(16)11-6-4-5-7-12(11)14-3/h4-8,14H,9H2,1-3H3,(H,15,16). The smallest absolute Gasteiger partial charge is 0.253 e. The quantitative estimate of drug-likeness (QED) is 0.762. The van der Waals surface area contributed by atoms with Gasteiger partial charge in [-0.05, 0) is 26.0 Å². The van der Waals surface area contributed by atoms with Crippen molar-refractivity contribution in [2.24, 2.45) is 0 Å². The molecule has 3 nitrogen and oxygen atoms in total. The first kappa shape index (κ1) is 12.3. The minimum atomic E-state index is -0.0533. The summed E-state index contributed by atoms with van der Waals surface area (Å²) < 4.78 is 0. The van der Waals surface area contributed by atoms with Crippen molar-refractivity contribution in [3.63, 3.8) is 0 Å². The molecule has 0 spiro atoms. The van der Waals surface area contributed by atoms with Gasteiger partial charge in [-0.25, -0.2) is 0 Å². The Morgan fingerprint density at radius 2 is 2.00 bits per heavy atom. The molecule has 0 aromatic heterocycles. The van der Waals surface area contributed by atoms with Gasteiger partial charge in [-0.15, -0.1) is 0 Å². The zero-order chi connectivity index (χ0) is 12.0. The lowest BCUT2D eigenvalue weighted by Crippen LogP contribution is -2.24. The van der Waals surface area contributed by atoms with E-state index in [1.807, 2.05) is 51.2 Å². The van der Waals surface area contributed by atoms with E-state index in [-0.39, 0.29) is 5.91 Å². The van der Waals surface area contributed by atoms with Gasteiger partial charge in [0.15, 0.2) is 0 Å². The van der Waals surface area contributed by atoms with Crippen LogP contribution in [-0.4, -0.2) is 19.5 Å². The van der Waals surface area contributed by atoms with E-state index in [0.717, 1.165) is 5.69 Å². The largest absolute Gasteiger partial charge is 0.387 e. The third kappa shape index (κ3) is 3.42. The van der Waals surface area contributed by atoms with Crippen LogP contribution in [0.5, 0.6) is 0 Å². The number of hydrogen-bond donors (Lipinski definition) is 2. The van der Waals surface area contributed by atoms with Crippen LogP contribution in [0.25, 0.3) is 0 Å². The predicted octanol–water partition coefficient (Wildman–Crippen LogP) is 2.42. The molecule has 0 aliphatic carbocycles. The van der Waals surface area contributed by atoms with E-state index in [1.165, 1.54) is 5.57 Å². The van der Waals surface area contributed by atoms with Crippen LogP contribution in [0.15, 0.2) is 35.9 Å². The lowest BCUT2D eigenvalue weighted by molar-refractivity contribution is 0.0959. The number of amides is 1. The van der Waals surface area contributed by atoms with E-state index in [4.69, 9.17) is 0 Å². The lowest BCUT2D eigenvalue weighted by atomic mass is 10.1. The van der Waals surface area contributed by atoms with Gasteiger partial charge in [0.2, 0.25) is 0 Å². The Morgan fingerprint density at radius 1 is 1.31 bits per heavy atom. The first-order valence-corrected chi connectivity index (χ1v) is 5.33. The van der Waals surface area contributed by atoms with Gasteiger partial charge < -0.3 is 10.6 Å². The van der Waals surface area contributed by atoms with Crippen LogP contribution < -0.4 is 10.6 Å². The summed E-state index contributed by atoms with van der Waals surface area (Å²) in [6.45, 7) is 4.58. The summed E-state index contributed by atoms with van der Waals surface area (Å²) in [5.74, 6) is -0.0533. The fourth-order valence-corrected chi connectivity index (χ4v) is 1.34. The van der Waals surface area contributed by atoms with Gasteiger partial charge in [-0.1, -0.05) is 23.8 Å². The van der Waals surface area contributed by atoms with Gasteiger partial charge in [0.25, 0.3) is 5.91 Å². The third-order valence-corrected chi connectivity index (χ3v) is 2.21. The maximum atomic E-state index is 11.8. The van der Waals surface area contributed by atoms with E-state index in [9.17, 15) is 4.79 Å². The van der Waals surface area contributed by atoms with E-state index < -0.39 is 0 Å². The summed E-state index contributed by atoms with van der Waals surface area (Å²) in [6.07, 6.45) is 1.99. The van der Waals surface area contributed by atoms with Crippen LogP contribution in [0, 0.1) is 0 Å². The summed E-state index contributed by atoms with van der Waals surface area (Å²) in [6, 6.07) is 7.45. The molecule has 0 unspecified atom stereocenters. The van der Waals surface area contributed by atoms with Crippen LogP contribution in [0.3, 0.4) is 0 Å². The molecular formula is C13H18N2O. The summed E-state index contributed by atoms with van der Waals surface area (Å²) in [4.78, 5) is 11.8. The van der Waals surface area contributed by atoms with Crippen LogP contribution >= 0.6 is 0 Å². The van der Waals surface area contributed by atoms with E-state index in [1.54, 1.807) is 0 Å². The topological polar surface area (TPSA) is 41.1 Å². The molecule has 1 aromatic carbocycles. The molecule has 3 heteroatoms. The highest BCUT2D eigenvalue weighted by Crippen LogP contribution is 2.13. The number of carbonyl (C=O) groups is 1. The lowest BCUT2D eigenvalue weighted by Gasteiger charge is -2.08. The fraction of sp³-hybridized carbons (Fsp3) is 0.308. The molecule has 0 fully saturated rings. The van der Waals surface area contributed by atoms with Crippen molar-refractivity contribution in [3.05, 3.63) is 41.5 Å². The Labute approximate surface area is 96.6 Å². The van der Waals surface area contributed by atoms with Crippen LogP contribution in [0.1, 0.15) is 24.2 Å². The second kappa shape index (κ2) is 5.95. The molecule has 0 aliphatic rings. The third-order valence-electron chi connectivity index (χ3n) is 2.21. The first-order valence-electron chi connectivity index (χ1n) is 5.33. The number of benzene rings is 1. The Morgan fingerprint density at radius 3 is 2.62 bits per heavy atom. The normalized spacial score (nSPS) is 9.44. The number of para-hydroxylation sites is 1. The van der Waals surface area contributed by atoms with Crippen molar-refractivity contribution in [1.82, 2.24) is 5.32 Å². The van der Waals surface area contributed by atoms with E-state index in [2.05, 4.69) is 10.6 Å². The maximum absolute atomic E-state index is 11.8. The number of hydrogen-bond acceptors (Lipinski definition) is 2. The van der Waals surface area contributed by atoms with Crippen molar-refractivity contribution in [3.8, 4) is 0 Å². The van der Waals surface area contributed by atoms with Crippen molar-refractivity contribution < 1.29 is 4.79 Å². The summed E-state index contributed by atoms with van der Waals surface area (Å²) >= 11 is 0. The molecule has 0 saturated heterocycles. The highest BCUT2D eigenvalue weighted by molar-refractivity contribution is 5.99. The molecule has 0 heterocycles. The molecule has 1 rings (SSSR count). The zero-order valence-corrected chi connectivity index (χ0v) is 10.0. The van der Waals surface area contributed by atoms with Crippen LogP contribution in [0.2, 0.25) is 0 Å². The van der Waals surface area contributed by atoms with Crippen molar-refractivity contribution in [2.45, 2.75) is 13.8 Å². The first-order chi connectivity index (χ1) is 7.65. The Kier molecular flexibility index (Phi) is 4.58. The predicted molar refractivity (Wildman–Crippen MR) is 67.8 cm³/mol. The van der Waals surface area contributed by atoms with Gasteiger partial charge >= 0.3 is 0 Å². The average Bonchev–Trinajstić information content (AvgIpc) is 2.28. The van der Waals surface area contributed by atoms with Crippen LogP contribution in [-0.2, 0) is 0 Å². The molecular weight excluding hydrogens is 200 g/mol. The molecule has 16 heavy (non-hydrogen) atoms. The number of anilines is 1. The number of nitrogens with one attached hydrogen (secondary N) is 2. The second-order valence-electron chi connectivity index (χ2n) is 3.79. The number of allylic oxidation sites excluding steroid dienone is 1. The average molecular weight is 218 g/mol. The Bertz CT molecular complexity index is 393. The minimum Gasteiger partial charge on any atom is -0.387 e. The molecule has 1 aromatic rings. The van der Waals surface area contributed by atoms with Crippen molar-refractivity contribution in [2.75, 3.05) is 18.9 Å². The van der Waals surface area contributed by atoms with Crippen LogP contribution in [0.4, 0.5) is 5.69 Å². The maximum Gasteiger partial charge on any atom is 0.253 e. The number of carbonyl (C=O) groups excluding carboxylic acids is 1. The Balaban J connectivity index is 2.69. The van der Waals surface area contributed by atoms with Gasteiger partial charge in [0.05, 0.1) is 5.56 Å². The van der Waals surface area contributed by atoms with Crippen molar-refractivity contribution >= 4 is 11.6 Å². The van der Waals surface area contributed by atoms with E-state index >= 15 is 0 Å². The molecule has 2 N–H and O–H groups in total. The molecule has 0 atom stereocenters. The fourth-order valence-electron chi connectivity index (χ4n) is 1.34. The minimum absolute atomic E-state index is 0.0533. The SMILES string of the molecule is CNc1ccccc1C(=O)NCC=C(C)C.